The van der Waals surface area contributed by atoms with Crippen LogP contribution < -0.4 is 10.6 Å². The van der Waals surface area contributed by atoms with Crippen LogP contribution in [-0.4, -0.2) is 22.8 Å². The average molecular weight is 219 g/mol. The molecule has 16 heavy (non-hydrogen) atoms. The van der Waals surface area contributed by atoms with Crippen molar-refractivity contribution in [2.75, 3.05) is 5.32 Å². The van der Waals surface area contributed by atoms with Crippen molar-refractivity contribution >= 4 is 17.6 Å². The second-order valence-electron chi connectivity index (χ2n) is 3.82. The van der Waals surface area contributed by atoms with E-state index in [0.29, 0.717) is 18.7 Å². The molecule has 1 fully saturated rings. The van der Waals surface area contributed by atoms with E-state index in [9.17, 15) is 9.59 Å². The third-order valence-corrected chi connectivity index (χ3v) is 2.56. The molecule has 1 saturated heterocycles. The molecule has 2 rings (SSSR count). The molecule has 2 amide bonds. The van der Waals surface area contributed by atoms with Crippen molar-refractivity contribution in [3.63, 3.8) is 0 Å². The molecule has 2 heterocycles. The summed E-state index contributed by atoms with van der Waals surface area (Å²) in [7, 11) is 0. The van der Waals surface area contributed by atoms with Gasteiger partial charge in [-0.3, -0.25) is 14.9 Å². The molecule has 1 aromatic heterocycles. The molecule has 1 unspecified atom stereocenters. The molecule has 1 aromatic rings. The van der Waals surface area contributed by atoms with E-state index in [4.69, 9.17) is 0 Å². The molecule has 0 aromatic carbocycles. The molecule has 5 heteroatoms. The molecule has 1 aliphatic heterocycles. The minimum absolute atomic E-state index is 0.208. The quantitative estimate of drug-likeness (QED) is 0.715. The topological polar surface area (TPSA) is 71.1 Å². The molecular formula is C11H13N3O2. The van der Waals surface area contributed by atoms with Gasteiger partial charge in [0.15, 0.2) is 0 Å². The van der Waals surface area contributed by atoms with E-state index < -0.39 is 0 Å². The maximum absolute atomic E-state index is 11.5. The molecule has 84 valence electrons. The van der Waals surface area contributed by atoms with Crippen molar-refractivity contribution in [2.24, 2.45) is 0 Å². The Morgan fingerprint density at radius 3 is 3.00 bits per heavy atom. The van der Waals surface area contributed by atoms with Gasteiger partial charge in [-0.1, -0.05) is 6.07 Å². The lowest BCUT2D eigenvalue weighted by Crippen LogP contribution is -2.47. The Labute approximate surface area is 93.3 Å². The molecule has 1 atom stereocenters. The van der Waals surface area contributed by atoms with Crippen LogP contribution in [0.1, 0.15) is 18.4 Å². The van der Waals surface area contributed by atoms with Crippen LogP contribution in [0.15, 0.2) is 18.3 Å². The minimum Gasteiger partial charge on any atom is -0.358 e. The summed E-state index contributed by atoms with van der Waals surface area (Å²) in [6.07, 6.45) is 2.55. The first-order valence-electron chi connectivity index (χ1n) is 5.18. The molecule has 2 N–H and O–H groups in total. The summed E-state index contributed by atoms with van der Waals surface area (Å²) in [5, 5.41) is 5.34. The molecule has 5 nitrogen and oxygen atoms in total. The maximum Gasteiger partial charge on any atom is 0.249 e. The smallest absolute Gasteiger partial charge is 0.249 e. The number of rotatable bonds is 2. The van der Waals surface area contributed by atoms with E-state index in [0.717, 1.165) is 5.56 Å². The van der Waals surface area contributed by atoms with E-state index in [2.05, 4.69) is 15.6 Å². The number of hydrogen-bond acceptors (Lipinski definition) is 4. The second-order valence-corrected chi connectivity index (χ2v) is 3.82. The molecule has 0 bridgehead atoms. The van der Waals surface area contributed by atoms with Crippen LogP contribution in [0.5, 0.6) is 0 Å². The van der Waals surface area contributed by atoms with Crippen LogP contribution in [0, 0.1) is 6.92 Å². The average Bonchev–Trinajstić information content (AvgIpc) is 2.25. The maximum atomic E-state index is 11.5. The van der Waals surface area contributed by atoms with Crippen molar-refractivity contribution in [1.29, 1.82) is 0 Å². The van der Waals surface area contributed by atoms with Crippen molar-refractivity contribution < 1.29 is 9.59 Å². The highest BCUT2D eigenvalue weighted by Gasteiger charge is 2.26. The van der Waals surface area contributed by atoms with Gasteiger partial charge in [-0.2, -0.15) is 0 Å². The number of hydrogen-bond donors (Lipinski definition) is 2. The highest BCUT2D eigenvalue weighted by molar-refractivity contribution is 6.01. The summed E-state index contributed by atoms with van der Waals surface area (Å²) in [5.74, 6) is 0.207. The van der Waals surface area contributed by atoms with Gasteiger partial charge in [0, 0.05) is 12.6 Å². The number of anilines is 1. The van der Waals surface area contributed by atoms with Gasteiger partial charge in [0.05, 0.1) is 0 Å². The fourth-order valence-electron chi connectivity index (χ4n) is 1.63. The highest BCUT2D eigenvalue weighted by Crippen LogP contribution is 2.14. The van der Waals surface area contributed by atoms with Gasteiger partial charge in [-0.25, -0.2) is 4.98 Å². The van der Waals surface area contributed by atoms with Gasteiger partial charge in [0.25, 0.3) is 0 Å². The Morgan fingerprint density at radius 1 is 1.50 bits per heavy atom. The Bertz CT molecular complexity index is 431. The van der Waals surface area contributed by atoms with Crippen molar-refractivity contribution in [3.8, 4) is 0 Å². The SMILES string of the molecule is Cc1cccnc1NC1CCC(=O)NC1=O. The van der Waals surface area contributed by atoms with Crippen molar-refractivity contribution in [1.82, 2.24) is 10.3 Å². The Kier molecular flexibility index (Phi) is 2.85. The van der Waals surface area contributed by atoms with Gasteiger partial charge in [-0.05, 0) is 25.0 Å². The summed E-state index contributed by atoms with van der Waals surface area (Å²) in [5.41, 5.74) is 0.979. The number of aromatic nitrogens is 1. The van der Waals surface area contributed by atoms with E-state index in [-0.39, 0.29) is 17.9 Å². The van der Waals surface area contributed by atoms with Crippen LogP contribution in [0.25, 0.3) is 0 Å². The standard InChI is InChI=1S/C11H13N3O2/c1-7-3-2-6-12-10(7)13-8-4-5-9(15)14-11(8)16/h2-3,6,8H,4-5H2,1H3,(H,12,13)(H,14,15,16). The predicted octanol–water partition coefficient (Wildman–Crippen LogP) is 0.607. The highest BCUT2D eigenvalue weighted by atomic mass is 16.2. The molecule has 0 aliphatic carbocycles. The van der Waals surface area contributed by atoms with E-state index in [1.54, 1.807) is 6.20 Å². The summed E-state index contributed by atoms with van der Waals surface area (Å²) in [4.78, 5) is 26.6. The van der Waals surface area contributed by atoms with Gasteiger partial charge in [0.2, 0.25) is 11.8 Å². The number of aryl methyl sites for hydroxylation is 1. The first-order valence-corrected chi connectivity index (χ1v) is 5.18. The zero-order chi connectivity index (χ0) is 11.5. The Balaban J connectivity index is 2.08. The third kappa shape index (κ3) is 2.18. The van der Waals surface area contributed by atoms with Crippen LogP contribution in [-0.2, 0) is 9.59 Å². The van der Waals surface area contributed by atoms with Crippen LogP contribution >= 0.6 is 0 Å². The van der Waals surface area contributed by atoms with Gasteiger partial charge in [0.1, 0.15) is 11.9 Å². The molecule has 0 saturated carbocycles. The number of carbonyl (C=O) groups excluding carboxylic acids is 2. The Morgan fingerprint density at radius 2 is 2.31 bits per heavy atom. The summed E-state index contributed by atoms with van der Waals surface area (Å²) in [6, 6.07) is 3.39. The number of imide groups is 1. The van der Waals surface area contributed by atoms with Crippen LogP contribution in [0.3, 0.4) is 0 Å². The molecule has 0 spiro atoms. The van der Waals surface area contributed by atoms with Gasteiger partial charge in [-0.15, -0.1) is 0 Å². The van der Waals surface area contributed by atoms with Crippen molar-refractivity contribution in [3.05, 3.63) is 23.9 Å². The van der Waals surface area contributed by atoms with E-state index in [1.807, 2.05) is 19.1 Å². The predicted molar refractivity (Wildman–Crippen MR) is 58.8 cm³/mol. The fourth-order valence-corrected chi connectivity index (χ4v) is 1.63. The molecule has 1 aliphatic rings. The number of amides is 2. The number of nitrogens with zero attached hydrogens (tertiary/aromatic N) is 1. The van der Waals surface area contributed by atoms with Crippen LogP contribution in [0.2, 0.25) is 0 Å². The van der Waals surface area contributed by atoms with Crippen molar-refractivity contribution in [2.45, 2.75) is 25.8 Å². The van der Waals surface area contributed by atoms with Gasteiger partial charge < -0.3 is 5.32 Å². The zero-order valence-corrected chi connectivity index (χ0v) is 8.99. The van der Waals surface area contributed by atoms with E-state index in [1.165, 1.54) is 0 Å². The van der Waals surface area contributed by atoms with Crippen LogP contribution in [0.4, 0.5) is 5.82 Å². The fraction of sp³-hybridized carbons (Fsp3) is 0.364. The normalized spacial score (nSPS) is 20.4. The second kappa shape index (κ2) is 4.30. The lowest BCUT2D eigenvalue weighted by Gasteiger charge is -2.22. The summed E-state index contributed by atoms with van der Waals surface area (Å²) >= 11 is 0. The lowest BCUT2D eigenvalue weighted by atomic mass is 10.1. The first-order chi connectivity index (χ1) is 7.66. The molecule has 0 radical (unpaired) electrons. The Hall–Kier alpha value is -1.91. The third-order valence-electron chi connectivity index (χ3n) is 2.56. The number of pyridine rings is 1. The summed E-state index contributed by atoms with van der Waals surface area (Å²) < 4.78 is 0. The van der Waals surface area contributed by atoms with Gasteiger partial charge >= 0.3 is 0 Å². The minimum atomic E-state index is -0.369. The van der Waals surface area contributed by atoms with E-state index >= 15 is 0 Å². The monoisotopic (exact) mass is 219 g/mol. The first kappa shape index (κ1) is 10.6. The molecular weight excluding hydrogens is 206 g/mol. The summed E-state index contributed by atoms with van der Waals surface area (Å²) in [6.45, 7) is 1.92. The largest absolute Gasteiger partial charge is 0.358 e. The number of nitrogens with one attached hydrogen (secondary N) is 2. The number of carbonyl (C=O) groups is 2. The zero-order valence-electron chi connectivity index (χ0n) is 8.99. The number of piperidine rings is 1. The lowest BCUT2D eigenvalue weighted by molar-refractivity contribution is -0.133.